The Bertz CT molecular complexity index is 284. The van der Waals surface area contributed by atoms with Crippen molar-refractivity contribution in [1.29, 1.82) is 0 Å². The molecule has 0 aromatic carbocycles. The molecule has 0 aliphatic rings. The van der Waals surface area contributed by atoms with Crippen LogP contribution in [-0.2, 0) is 9.53 Å². The topological polar surface area (TPSA) is 46.5 Å². The zero-order valence-electron chi connectivity index (χ0n) is 12.6. The molecule has 4 nitrogen and oxygen atoms in total. The Morgan fingerprint density at radius 3 is 2.42 bits per heavy atom. The zero-order valence-corrected chi connectivity index (χ0v) is 13.4. The van der Waals surface area contributed by atoms with Crippen molar-refractivity contribution < 1.29 is 31.5 Å². The number of quaternary nitrogens is 1. The quantitative estimate of drug-likeness (QED) is 0.250. The van der Waals surface area contributed by atoms with Gasteiger partial charge in [0.05, 0.1) is 26.7 Å². The third kappa shape index (κ3) is 9.03. The number of halogens is 1. The third-order valence-electron chi connectivity index (χ3n) is 3.31. The van der Waals surface area contributed by atoms with Gasteiger partial charge in [-0.05, 0) is 20.3 Å². The molecule has 1 N–H and O–H groups in total. The van der Waals surface area contributed by atoms with Crippen LogP contribution < -0.4 is 12.4 Å². The van der Waals surface area contributed by atoms with Gasteiger partial charge in [-0.1, -0.05) is 13.5 Å². The summed E-state index contributed by atoms with van der Waals surface area (Å²) in [4.78, 5) is 11.2. The summed E-state index contributed by atoms with van der Waals surface area (Å²) in [6, 6.07) is 0. The van der Waals surface area contributed by atoms with Gasteiger partial charge in [-0.2, -0.15) is 0 Å². The van der Waals surface area contributed by atoms with E-state index < -0.39 is 0 Å². The third-order valence-corrected chi connectivity index (χ3v) is 3.31. The molecule has 0 heterocycles. The van der Waals surface area contributed by atoms with E-state index in [0.717, 1.165) is 37.0 Å². The number of carbonyl (C=O) groups is 1. The molecule has 0 radical (unpaired) electrons. The molecule has 0 aromatic rings. The van der Waals surface area contributed by atoms with E-state index in [9.17, 15) is 9.90 Å². The maximum atomic E-state index is 11.2. The minimum Gasteiger partial charge on any atom is -1.00 e. The average molecular weight is 294 g/mol. The Morgan fingerprint density at radius 2 is 2.00 bits per heavy atom. The Balaban J connectivity index is 0. The lowest BCUT2D eigenvalue weighted by atomic mass is 10.2. The molecular weight excluding hydrogens is 266 g/mol. The van der Waals surface area contributed by atoms with E-state index in [0.29, 0.717) is 12.2 Å². The van der Waals surface area contributed by atoms with Gasteiger partial charge in [0.1, 0.15) is 12.6 Å². The van der Waals surface area contributed by atoms with Crippen LogP contribution in [0.3, 0.4) is 0 Å². The van der Waals surface area contributed by atoms with Gasteiger partial charge in [-0.3, -0.25) is 0 Å². The number of hydrogen-bond acceptors (Lipinski definition) is 3. The number of likely N-dealkylation sites (N-methyl/N-ethyl adjacent to an activating group) is 1. The minimum absolute atomic E-state index is 0. The van der Waals surface area contributed by atoms with E-state index in [-0.39, 0.29) is 24.5 Å². The summed E-state index contributed by atoms with van der Waals surface area (Å²) < 4.78 is 5.87. The predicted octanol–water partition coefficient (Wildman–Crippen LogP) is -1.26. The standard InChI is InChI=1S/C14H28NO3.ClH/c1-6-13(16)11-15(5,7-2)9-8-10-18-14(17)12(3)4;/h13,16H,3,6-11H2,1-2,4-5H3;1H/q+1;/p-1. The summed E-state index contributed by atoms with van der Waals surface area (Å²) in [6.07, 6.45) is 1.33. The highest BCUT2D eigenvalue weighted by molar-refractivity contribution is 5.86. The van der Waals surface area contributed by atoms with Gasteiger partial charge < -0.3 is 26.7 Å². The lowest BCUT2D eigenvalue weighted by Crippen LogP contribution is -3.00. The first kappa shape index (κ1) is 20.7. The van der Waals surface area contributed by atoms with Crippen LogP contribution in [0, 0.1) is 0 Å². The molecule has 0 aliphatic heterocycles. The highest BCUT2D eigenvalue weighted by Crippen LogP contribution is 2.08. The van der Waals surface area contributed by atoms with Crippen molar-refractivity contribution in [1.82, 2.24) is 0 Å². The van der Waals surface area contributed by atoms with Crippen LogP contribution >= 0.6 is 0 Å². The van der Waals surface area contributed by atoms with E-state index in [1.807, 2.05) is 6.92 Å². The van der Waals surface area contributed by atoms with Crippen LogP contribution in [0.1, 0.15) is 33.6 Å². The molecule has 0 saturated carbocycles. The first-order valence-electron chi connectivity index (χ1n) is 6.69. The molecule has 19 heavy (non-hydrogen) atoms. The van der Waals surface area contributed by atoms with Gasteiger partial charge in [-0.25, -0.2) is 4.79 Å². The highest BCUT2D eigenvalue weighted by atomic mass is 35.5. The van der Waals surface area contributed by atoms with E-state index in [2.05, 4.69) is 20.6 Å². The van der Waals surface area contributed by atoms with Gasteiger partial charge in [-0.15, -0.1) is 0 Å². The maximum Gasteiger partial charge on any atom is 0.333 e. The van der Waals surface area contributed by atoms with Crippen LogP contribution in [0.15, 0.2) is 12.2 Å². The van der Waals surface area contributed by atoms with E-state index in [4.69, 9.17) is 4.74 Å². The minimum atomic E-state index is -0.325. The Kier molecular flexibility index (Phi) is 11.2. The van der Waals surface area contributed by atoms with Gasteiger partial charge in [0, 0.05) is 12.0 Å². The number of aliphatic hydroxyl groups excluding tert-OH is 1. The number of aliphatic hydroxyl groups is 1. The summed E-state index contributed by atoms with van der Waals surface area (Å²) in [5.74, 6) is -0.325. The van der Waals surface area contributed by atoms with Crippen molar-refractivity contribution in [3.05, 3.63) is 12.2 Å². The van der Waals surface area contributed by atoms with Crippen molar-refractivity contribution in [2.24, 2.45) is 0 Å². The summed E-state index contributed by atoms with van der Waals surface area (Å²) >= 11 is 0. The number of rotatable bonds is 9. The number of esters is 1. The SMILES string of the molecule is C=C(C)C(=O)OCCC[N+](C)(CC)CC(O)CC.[Cl-]. The lowest BCUT2D eigenvalue weighted by molar-refractivity contribution is -0.911. The average Bonchev–Trinajstić information content (AvgIpc) is 2.34. The summed E-state index contributed by atoms with van der Waals surface area (Å²) in [7, 11) is 2.12. The van der Waals surface area contributed by atoms with Gasteiger partial charge in [0.2, 0.25) is 0 Å². The molecule has 5 heteroatoms. The second kappa shape index (κ2) is 10.2. The second-order valence-corrected chi connectivity index (χ2v) is 5.17. The highest BCUT2D eigenvalue weighted by Gasteiger charge is 2.22. The molecule has 114 valence electrons. The molecule has 0 fully saturated rings. The van der Waals surface area contributed by atoms with Crippen molar-refractivity contribution in [2.75, 3.05) is 33.3 Å². The smallest absolute Gasteiger partial charge is 0.333 e. The van der Waals surface area contributed by atoms with E-state index >= 15 is 0 Å². The van der Waals surface area contributed by atoms with Crippen LogP contribution in [0.4, 0.5) is 0 Å². The molecule has 2 unspecified atom stereocenters. The number of carbonyl (C=O) groups excluding carboxylic acids is 1. The van der Waals surface area contributed by atoms with Gasteiger partial charge in [0.15, 0.2) is 0 Å². The number of hydrogen-bond donors (Lipinski definition) is 1. The lowest BCUT2D eigenvalue weighted by Gasteiger charge is -2.35. The largest absolute Gasteiger partial charge is 1.00 e. The van der Waals surface area contributed by atoms with Crippen LogP contribution in [0.25, 0.3) is 0 Å². The summed E-state index contributed by atoms with van der Waals surface area (Å²) in [5.41, 5.74) is 0.434. The fourth-order valence-electron chi connectivity index (χ4n) is 1.75. The van der Waals surface area contributed by atoms with Crippen molar-refractivity contribution in [3.63, 3.8) is 0 Å². The number of nitrogens with zero attached hydrogens (tertiary/aromatic N) is 1. The van der Waals surface area contributed by atoms with Crippen LogP contribution in [0.2, 0.25) is 0 Å². The Hall–Kier alpha value is -0.580. The summed E-state index contributed by atoms with van der Waals surface area (Å²) in [6.45, 7) is 12.3. The maximum absolute atomic E-state index is 11.2. The molecule has 0 saturated heterocycles. The second-order valence-electron chi connectivity index (χ2n) is 5.17. The fraction of sp³-hybridized carbons (Fsp3) is 0.786. The molecule has 2 atom stereocenters. The molecule has 0 bridgehead atoms. The van der Waals surface area contributed by atoms with Crippen LogP contribution in [0.5, 0.6) is 0 Å². The van der Waals surface area contributed by atoms with Crippen LogP contribution in [-0.4, -0.2) is 55.0 Å². The molecule has 0 aromatic heterocycles. The summed E-state index contributed by atoms with van der Waals surface area (Å²) in [5, 5.41) is 9.73. The molecule has 0 aliphatic carbocycles. The Labute approximate surface area is 123 Å². The fourth-order valence-corrected chi connectivity index (χ4v) is 1.75. The van der Waals surface area contributed by atoms with Gasteiger partial charge >= 0.3 is 5.97 Å². The van der Waals surface area contributed by atoms with Gasteiger partial charge in [0.25, 0.3) is 0 Å². The van der Waals surface area contributed by atoms with Crippen molar-refractivity contribution in [3.8, 4) is 0 Å². The monoisotopic (exact) mass is 293 g/mol. The van der Waals surface area contributed by atoms with E-state index in [1.165, 1.54) is 0 Å². The van der Waals surface area contributed by atoms with Crippen molar-refractivity contribution >= 4 is 5.97 Å². The zero-order chi connectivity index (χ0) is 14.2. The molecule has 0 spiro atoms. The first-order valence-corrected chi connectivity index (χ1v) is 6.69. The molecular formula is C14H28ClNO3. The van der Waals surface area contributed by atoms with Crippen molar-refractivity contribution in [2.45, 2.75) is 39.7 Å². The molecule has 0 rings (SSSR count). The normalized spacial score (nSPS) is 15.0. The van der Waals surface area contributed by atoms with E-state index in [1.54, 1.807) is 6.92 Å². The number of ether oxygens (including phenoxy) is 1. The predicted molar refractivity (Wildman–Crippen MR) is 73.1 cm³/mol. The molecule has 0 amide bonds. The first-order chi connectivity index (χ1) is 8.34. The Morgan fingerprint density at radius 1 is 1.42 bits per heavy atom.